The van der Waals surface area contributed by atoms with Crippen molar-refractivity contribution in [3.05, 3.63) is 71.8 Å². The van der Waals surface area contributed by atoms with Crippen LogP contribution in [0, 0.1) is 0 Å². The topological polar surface area (TPSA) is 105 Å². The van der Waals surface area contributed by atoms with E-state index in [1.165, 1.54) is 13.8 Å². The number of carbonyl (C=O) groups is 4. The molecule has 2 aromatic carbocycles. The van der Waals surface area contributed by atoms with Gasteiger partial charge in [0, 0.05) is 12.8 Å². The van der Waals surface area contributed by atoms with Gasteiger partial charge in [0.25, 0.3) is 0 Å². The Kier molecular flexibility index (Phi) is 9.90. The van der Waals surface area contributed by atoms with E-state index in [2.05, 4.69) is 0 Å². The quantitative estimate of drug-likeness (QED) is 0.386. The molecule has 0 aliphatic heterocycles. The van der Waals surface area contributed by atoms with Crippen molar-refractivity contribution in [2.45, 2.75) is 52.1 Å². The fourth-order valence-electron chi connectivity index (χ4n) is 2.54. The van der Waals surface area contributed by atoms with Crippen LogP contribution < -0.4 is 0 Å². The van der Waals surface area contributed by atoms with E-state index < -0.39 is 36.1 Å². The molecule has 2 aromatic rings. The van der Waals surface area contributed by atoms with Gasteiger partial charge in [0.15, 0.2) is 0 Å². The first-order valence-corrected chi connectivity index (χ1v) is 10.2. The zero-order valence-corrected chi connectivity index (χ0v) is 18.0. The van der Waals surface area contributed by atoms with Crippen LogP contribution in [0.15, 0.2) is 60.7 Å². The van der Waals surface area contributed by atoms with E-state index in [1.54, 1.807) is 60.7 Å². The molecule has 0 aliphatic carbocycles. The van der Waals surface area contributed by atoms with Gasteiger partial charge in [-0.2, -0.15) is 0 Å². The Bertz CT molecular complexity index is 819. The zero-order valence-electron chi connectivity index (χ0n) is 18.0. The molecule has 0 saturated carbocycles. The van der Waals surface area contributed by atoms with Crippen molar-refractivity contribution in [1.29, 1.82) is 0 Å². The third kappa shape index (κ3) is 7.86. The fourth-order valence-corrected chi connectivity index (χ4v) is 2.54. The van der Waals surface area contributed by atoms with Crippen molar-refractivity contribution in [3.63, 3.8) is 0 Å². The smallest absolute Gasteiger partial charge is 0.352 e. The lowest BCUT2D eigenvalue weighted by Crippen LogP contribution is -2.47. The molecule has 2 rings (SSSR count). The third-order valence-corrected chi connectivity index (χ3v) is 4.28. The predicted molar refractivity (Wildman–Crippen MR) is 113 cm³/mol. The number of hydrogen-bond donors (Lipinski definition) is 0. The number of benzene rings is 2. The summed E-state index contributed by atoms with van der Waals surface area (Å²) in [6.07, 6.45) is -3.72. The van der Waals surface area contributed by atoms with Gasteiger partial charge in [0.2, 0.25) is 12.2 Å². The summed E-state index contributed by atoms with van der Waals surface area (Å²) in [7, 11) is 0. The van der Waals surface area contributed by atoms with Crippen LogP contribution in [0.25, 0.3) is 0 Å². The highest BCUT2D eigenvalue weighted by Crippen LogP contribution is 2.15. The maximum Gasteiger partial charge on any atom is 0.352 e. The molecule has 0 amide bonds. The summed E-state index contributed by atoms with van der Waals surface area (Å²) in [5.41, 5.74) is 1.38. The van der Waals surface area contributed by atoms with Gasteiger partial charge in [0.1, 0.15) is 13.2 Å². The first-order chi connectivity index (χ1) is 15.4. The summed E-state index contributed by atoms with van der Waals surface area (Å²) in [6, 6.07) is 17.6. The molecule has 0 saturated heterocycles. The molecule has 0 heterocycles. The maximum atomic E-state index is 12.8. The molecule has 0 spiro atoms. The van der Waals surface area contributed by atoms with E-state index in [1.807, 2.05) is 0 Å². The predicted octanol–water partition coefficient (Wildman–Crippen LogP) is 3.12. The maximum absolute atomic E-state index is 12.8. The van der Waals surface area contributed by atoms with Gasteiger partial charge in [-0.1, -0.05) is 74.5 Å². The van der Waals surface area contributed by atoms with Crippen LogP contribution in [-0.2, 0) is 51.3 Å². The summed E-state index contributed by atoms with van der Waals surface area (Å²) in [6.45, 7) is 2.81. The number of esters is 4. The minimum absolute atomic E-state index is 0.0596. The Morgan fingerprint density at radius 2 is 0.969 bits per heavy atom. The van der Waals surface area contributed by atoms with Crippen molar-refractivity contribution in [2.24, 2.45) is 0 Å². The summed E-state index contributed by atoms with van der Waals surface area (Å²) >= 11 is 0. The highest BCUT2D eigenvalue weighted by molar-refractivity contribution is 5.89. The molecule has 32 heavy (non-hydrogen) atoms. The van der Waals surface area contributed by atoms with E-state index >= 15 is 0 Å². The molecule has 0 N–H and O–H groups in total. The molecule has 0 aromatic heterocycles. The average molecular weight is 442 g/mol. The molecule has 0 bridgehead atoms. The summed E-state index contributed by atoms with van der Waals surface area (Å²) in [4.78, 5) is 49.4. The third-order valence-electron chi connectivity index (χ3n) is 4.28. The van der Waals surface area contributed by atoms with Gasteiger partial charge in [-0.3, -0.25) is 9.59 Å². The van der Waals surface area contributed by atoms with Crippen LogP contribution in [0.1, 0.15) is 37.8 Å². The monoisotopic (exact) mass is 442 g/mol. The van der Waals surface area contributed by atoms with Crippen LogP contribution in [0.3, 0.4) is 0 Å². The van der Waals surface area contributed by atoms with Gasteiger partial charge in [-0.15, -0.1) is 0 Å². The Labute approximate surface area is 186 Å². The molecule has 2 unspecified atom stereocenters. The van der Waals surface area contributed by atoms with Crippen molar-refractivity contribution >= 4 is 23.9 Å². The SMILES string of the molecule is CCC(=O)OC(C(=O)OCc1ccccc1)C(OC(=O)CC)C(=O)OCc1ccccc1. The fraction of sp³-hybridized carbons (Fsp3) is 0.333. The molecular formula is C24H26O8. The number of ether oxygens (including phenoxy) is 4. The van der Waals surface area contributed by atoms with E-state index in [9.17, 15) is 19.2 Å². The average Bonchev–Trinajstić information content (AvgIpc) is 2.84. The molecule has 8 heteroatoms. The van der Waals surface area contributed by atoms with Gasteiger partial charge in [-0.25, -0.2) is 9.59 Å². The van der Waals surface area contributed by atoms with Gasteiger partial charge in [0.05, 0.1) is 0 Å². The number of carbonyl (C=O) groups excluding carboxylic acids is 4. The van der Waals surface area contributed by atoms with Gasteiger partial charge < -0.3 is 18.9 Å². The lowest BCUT2D eigenvalue weighted by Gasteiger charge is -2.24. The van der Waals surface area contributed by atoms with Gasteiger partial charge >= 0.3 is 23.9 Å². The largest absolute Gasteiger partial charge is 0.458 e. The van der Waals surface area contributed by atoms with Crippen LogP contribution >= 0.6 is 0 Å². The molecule has 2 atom stereocenters. The molecule has 8 nitrogen and oxygen atoms in total. The Hall–Kier alpha value is -3.68. The van der Waals surface area contributed by atoms with E-state index in [0.717, 1.165) is 0 Å². The first-order valence-electron chi connectivity index (χ1n) is 10.2. The molecule has 0 radical (unpaired) electrons. The Balaban J connectivity index is 2.19. The van der Waals surface area contributed by atoms with E-state index in [0.29, 0.717) is 11.1 Å². The second-order valence-electron chi connectivity index (χ2n) is 6.71. The highest BCUT2D eigenvalue weighted by Gasteiger charge is 2.42. The van der Waals surface area contributed by atoms with Crippen molar-refractivity contribution in [3.8, 4) is 0 Å². The second kappa shape index (κ2) is 12.9. The molecule has 0 fully saturated rings. The van der Waals surface area contributed by atoms with Crippen LogP contribution in [0.2, 0.25) is 0 Å². The van der Waals surface area contributed by atoms with Crippen LogP contribution in [0.5, 0.6) is 0 Å². The van der Waals surface area contributed by atoms with E-state index in [-0.39, 0.29) is 26.1 Å². The summed E-state index contributed by atoms with van der Waals surface area (Å²) in [5, 5.41) is 0. The first kappa shape index (κ1) is 24.6. The Morgan fingerprint density at radius 3 is 1.28 bits per heavy atom. The highest BCUT2D eigenvalue weighted by atomic mass is 16.6. The number of rotatable bonds is 11. The summed E-state index contributed by atoms with van der Waals surface area (Å²) in [5.74, 6) is -3.58. The van der Waals surface area contributed by atoms with Crippen LogP contribution in [0.4, 0.5) is 0 Å². The van der Waals surface area contributed by atoms with Gasteiger partial charge in [-0.05, 0) is 11.1 Å². The molecular weight excluding hydrogens is 416 g/mol. The minimum Gasteiger partial charge on any atom is -0.458 e. The minimum atomic E-state index is -1.80. The second-order valence-corrected chi connectivity index (χ2v) is 6.71. The van der Waals surface area contributed by atoms with E-state index in [4.69, 9.17) is 18.9 Å². The lowest BCUT2D eigenvalue weighted by atomic mass is 10.2. The van der Waals surface area contributed by atoms with Crippen molar-refractivity contribution < 1.29 is 38.1 Å². The molecule has 170 valence electrons. The van der Waals surface area contributed by atoms with Crippen LogP contribution in [-0.4, -0.2) is 36.1 Å². The standard InChI is InChI=1S/C24H26O8/c1-3-19(25)31-21(23(27)29-15-17-11-7-5-8-12-17)22(32-20(26)4-2)24(28)30-16-18-13-9-6-10-14-18/h5-14,21-22H,3-4,15-16H2,1-2H3. The van der Waals surface area contributed by atoms with Crippen molar-refractivity contribution in [2.75, 3.05) is 0 Å². The molecule has 0 aliphatic rings. The Morgan fingerprint density at radius 1 is 0.625 bits per heavy atom. The van der Waals surface area contributed by atoms with Crippen molar-refractivity contribution in [1.82, 2.24) is 0 Å². The normalized spacial score (nSPS) is 12.2. The number of hydrogen-bond acceptors (Lipinski definition) is 8. The lowest BCUT2D eigenvalue weighted by molar-refractivity contribution is -0.192. The zero-order chi connectivity index (χ0) is 23.3. The summed E-state index contributed by atoms with van der Waals surface area (Å²) < 4.78 is 20.7.